The largest absolute Gasteiger partial charge is 0.325 e. The van der Waals surface area contributed by atoms with Gasteiger partial charge in [-0.3, -0.25) is 4.79 Å². The van der Waals surface area contributed by atoms with Crippen LogP contribution in [0.3, 0.4) is 0 Å². The van der Waals surface area contributed by atoms with Crippen LogP contribution in [0.4, 0.5) is 9.39 Å². The number of anilines is 1. The molecule has 1 atom stereocenters. The molecule has 1 fully saturated rings. The summed E-state index contributed by atoms with van der Waals surface area (Å²) in [6.45, 7) is 6.33. The van der Waals surface area contributed by atoms with Gasteiger partial charge in [0.05, 0.1) is 18.7 Å². The molecule has 30 heavy (non-hydrogen) atoms. The van der Waals surface area contributed by atoms with Crippen LogP contribution >= 0.6 is 11.3 Å². The molecule has 1 aliphatic heterocycles. The molecule has 0 spiro atoms. The Hall–Kier alpha value is -2.50. The first-order valence-corrected chi connectivity index (χ1v) is 11.4. The Kier molecular flexibility index (Phi) is 6.30. The monoisotopic (exact) mass is 423 g/mol. The summed E-state index contributed by atoms with van der Waals surface area (Å²) < 4.78 is 14.2. The first kappa shape index (κ1) is 20.8. The molecular formula is C25H28FN2OS+. The van der Waals surface area contributed by atoms with Crippen LogP contribution in [-0.4, -0.2) is 19.0 Å². The van der Waals surface area contributed by atoms with E-state index < -0.39 is 0 Å². The normalized spacial score (nSPS) is 15.7. The number of piperidine rings is 1. The number of benzene rings is 2. The molecule has 5 heteroatoms. The fourth-order valence-electron chi connectivity index (χ4n) is 4.44. The van der Waals surface area contributed by atoms with E-state index >= 15 is 0 Å². The summed E-state index contributed by atoms with van der Waals surface area (Å²) in [5.41, 5.74) is 3.93. The third-order valence-corrected chi connectivity index (χ3v) is 7.21. The highest BCUT2D eigenvalue weighted by Gasteiger charge is 2.33. The molecule has 4 rings (SSSR count). The van der Waals surface area contributed by atoms with Crippen LogP contribution in [0, 0.1) is 19.7 Å². The highest BCUT2D eigenvalue weighted by atomic mass is 32.1. The zero-order valence-electron chi connectivity index (χ0n) is 17.5. The number of nitrogens with one attached hydrogen (secondary N) is 2. The van der Waals surface area contributed by atoms with E-state index in [0.29, 0.717) is 5.56 Å². The van der Waals surface area contributed by atoms with Crippen molar-refractivity contribution in [2.24, 2.45) is 0 Å². The van der Waals surface area contributed by atoms with E-state index in [1.54, 1.807) is 23.5 Å². The lowest BCUT2D eigenvalue weighted by atomic mass is 9.93. The molecule has 2 heterocycles. The summed E-state index contributed by atoms with van der Waals surface area (Å²) in [7, 11) is 0. The minimum atomic E-state index is -0.214. The molecule has 3 nitrogen and oxygen atoms in total. The van der Waals surface area contributed by atoms with Gasteiger partial charge in [0.25, 0.3) is 5.91 Å². The van der Waals surface area contributed by atoms with Gasteiger partial charge >= 0.3 is 0 Å². The lowest BCUT2D eigenvalue weighted by Crippen LogP contribution is -3.13. The summed E-state index contributed by atoms with van der Waals surface area (Å²) in [5.74, 6) is -0.321. The molecule has 2 N–H and O–H groups in total. The predicted molar refractivity (Wildman–Crippen MR) is 121 cm³/mol. The number of aryl methyl sites for hydroxylation is 1. The van der Waals surface area contributed by atoms with Crippen molar-refractivity contribution in [2.45, 2.75) is 39.2 Å². The molecule has 0 bridgehead atoms. The highest BCUT2D eigenvalue weighted by molar-refractivity contribution is 7.16. The summed E-state index contributed by atoms with van der Waals surface area (Å²) in [4.78, 5) is 15.5. The summed E-state index contributed by atoms with van der Waals surface area (Å²) in [5, 5.41) is 4.05. The number of carbonyl (C=O) groups is 1. The molecule has 0 aliphatic carbocycles. The number of quaternary nitrogens is 1. The zero-order chi connectivity index (χ0) is 21.1. The Morgan fingerprint density at radius 1 is 1.03 bits per heavy atom. The van der Waals surface area contributed by atoms with Gasteiger partial charge in [-0.2, -0.15) is 0 Å². The van der Waals surface area contributed by atoms with Crippen molar-refractivity contribution in [3.63, 3.8) is 0 Å². The minimum Gasteiger partial charge on any atom is -0.325 e. The lowest BCUT2D eigenvalue weighted by molar-refractivity contribution is -0.930. The second kappa shape index (κ2) is 9.11. The van der Waals surface area contributed by atoms with Crippen molar-refractivity contribution >= 4 is 22.2 Å². The fourth-order valence-corrected chi connectivity index (χ4v) is 5.53. The van der Waals surface area contributed by atoms with Gasteiger partial charge in [-0.15, -0.1) is 11.3 Å². The molecule has 1 saturated heterocycles. The van der Waals surface area contributed by atoms with Crippen LogP contribution in [0.2, 0.25) is 0 Å². The number of likely N-dealkylation sites (tertiary alicyclic amines) is 1. The standard InChI is InChI=1S/C25H27FN2OS/c1-17-18(2)30-25(27-24(29)19-10-5-3-6-11-19)22(17)23(28-14-7-4-8-15-28)20-12-9-13-21(26)16-20/h3,5-6,9-13,16,23H,4,7-8,14-15H2,1-2H3,(H,27,29)/p+1/t23-/m1/s1. The van der Waals surface area contributed by atoms with E-state index in [2.05, 4.69) is 19.2 Å². The topological polar surface area (TPSA) is 33.5 Å². The molecular weight excluding hydrogens is 395 g/mol. The van der Waals surface area contributed by atoms with E-state index in [0.717, 1.165) is 29.2 Å². The van der Waals surface area contributed by atoms with Gasteiger partial charge in [-0.05, 0) is 62.9 Å². The molecule has 2 aromatic carbocycles. The number of hydrogen-bond acceptors (Lipinski definition) is 2. The quantitative estimate of drug-likeness (QED) is 0.600. The molecule has 156 valence electrons. The third kappa shape index (κ3) is 4.32. The smallest absolute Gasteiger partial charge is 0.256 e. The summed E-state index contributed by atoms with van der Waals surface area (Å²) in [6.07, 6.45) is 3.60. The van der Waals surface area contributed by atoms with Crippen molar-refractivity contribution in [2.75, 3.05) is 18.4 Å². The molecule has 1 aromatic heterocycles. The Morgan fingerprint density at radius 3 is 2.47 bits per heavy atom. The maximum Gasteiger partial charge on any atom is 0.256 e. The van der Waals surface area contributed by atoms with E-state index in [1.807, 2.05) is 36.4 Å². The van der Waals surface area contributed by atoms with Gasteiger partial charge in [0.15, 0.2) is 0 Å². The average molecular weight is 424 g/mol. The number of hydrogen-bond donors (Lipinski definition) is 2. The fraction of sp³-hybridized carbons (Fsp3) is 0.320. The number of amides is 1. The average Bonchev–Trinajstić information content (AvgIpc) is 3.03. The van der Waals surface area contributed by atoms with E-state index in [4.69, 9.17) is 0 Å². The van der Waals surface area contributed by atoms with Crippen LogP contribution in [0.15, 0.2) is 54.6 Å². The Labute approximate surface area is 181 Å². The van der Waals surface area contributed by atoms with Crippen LogP contribution < -0.4 is 10.2 Å². The van der Waals surface area contributed by atoms with Crippen LogP contribution in [0.5, 0.6) is 0 Å². The molecule has 0 saturated carbocycles. The Morgan fingerprint density at radius 2 is 1.77 bits per heavy atom. The van der Waals surface area contributed by atoms with Crippen molar-refractivity contribution in [3.05, 3.63) is 87.5 Å². The zero-order valence-corrected chi connectivity index (χ0v) is 18.3. The highest BCUT2D eigenvalue weighted by Crippen LogP contribution is 2.38. The molecule has 1 amide bonds. The second-order valence-corrected chi connectivity index (χ2v) is 9.28. The minimum absolute atomic E-state index is 0.0111. The molecule has 0 radical (unpaired) electrons. The molecule has 3 aromatic rings. The van der Waals surface area contributed by atoms with Crippen molar-refractivity contribution in [1.82, 2.24) is 0 Å². The van der Waals surface area contributed by atoms with Gasteiger partial charge < -0.3 is 10.2 Å². The maximum atomic E-state index is 14.2. The Bertz CT molecular complexity index is 1020. The van der Waals surface area contributed by atoms with Crippen LogP contribution in [-0.2, 0) is 0 Å². The van der Waals surface area contributed by atoms with Gasteiger partial charge in [0, 0.05) is 16.0 Å². The summed E-state index contributed by atoms with van der Waals surface area (Å²) >= 11 is 1.62. The van der Waals surface area contributed by atoms with Gasteiger partial charge in [0.2, 0.25) is 0 Å². The number of halogens is 1. The number of rotatable bonds is 5. The van der Waals surface area contributed by atoms with E-state index in [9.17, 15) is 9.18 Å². The van der Waals surface area contributed by atoms with Gasteiger partial charge in [-0.25, -0.2) is 4.39 Å². The third-order valence-electron chi connectivity index (χ3n) is 6.07. The van der Waals surface area contributed by atoms with Crippen molar-refractivity contribution in [1.29, 1.82) is 0 Å². The molecule has 0 unspecified atom stereocenters. The van der Waals surface area contributed by atoms with Crippen LogP contribution in [0.25, 0.3) is 0 Å². The van der Waals surface area contributed by atoms with E-state index in [-0.39, 0.29) is 17.8 Å². The molecule has 1 aliphatic rings. The van der Waals surface area contributed by atoms with Gasteiger partial charge in [-0.1, -0.05) is 30.3 Å². The number of carbonyl (C=O) groups excluding carboxylic acids is 1. The SMILES string of the molecule is Cc1sc(NC(=O)c2ccccc2)c([C@@H](c2cccc(F)c2)[NH+]2CCCCC2)c1C. The second-order valence-electron chi connectivity index (χ2n) is 8.05. The summed E-state index contributed by atoms with van der Waals surface area (Å²) in [6, 6.07) is 16.3. The first-order chi connectivity index (χ1) is 14.5. The first-order valence-electron chi connectivity index (χ1n) is 10.6. The number of thiophene rings is 1. The lowest BCUT2D eigenvalue weighted by Gasteiger charge is -2.33. The maximum absolute atomic E-state index is 14.2. The van der Waals surface area contributed by atoms with Gasteiger partial charge in [0.1, 0.15) is 16.9 Å². The Balaban J connectivity index is 1.77. The predicted octanol–water partition coefficient (Wildman–Crippen LogP) is 4.91. The van der Waals surface area contributed by atoms with Crippen LogP contribution in [0.1, 0.15) is 57.2 Å². The van der Waals surface area contributed by atoms with Crippen molar-refractivity contribution in [3.8, 4) is 0 Å². The van der Waals surface area contributed by atoms with E-state index in [1.165, 1.54) is 40.7 Å². The van der Waals surface area contributed by atoms with Crippen molar-refractivity contribution < 1.29 is 14.1 Å².